The fraction of sp³-hybridized carbons (Fsp3) is 0.545. The summed E-state index contributed by atoms with van der Waals surface area (Å²) in [7, 11) is 1.96. The lowest BCUT2D eigenvalue weighted by molar-refractivity contribution is 0.503. The largest absolute Gasteiger partial charge is 0.309 e. The first-order valence-electron chi connectivity index (χ1n) is 5.05. The topological polar surface area (TPSA) is 29.9 Å². The number of nitrogens with zero attached hydrogens (tertiary/aromatic N) is 2. The van der Waals surface area contributed by atoms with Crippen molar-refractivity contribution in [3.05, 3.63) is 30.6 Å². The van der Waals surface area contributed by atoms with Crippen molar-refractivity contribution in [1.29, 1.82) is 0 Å². The first kappa shape index (κ1) is 11.0. The molecule has 0 spiro atoms. The van der Waals surface area contributed by atoms with Gasteiger partial charge in [0.15, 0.2) is 0 Å². The van der Waals surface area contributed by atoms with Gasteiger partial charge in [0.2, 0.25) is 0 Å². The molecule has 1 unspecified atom stereocenters. The molecule has 0 bridgehead atoms. The fourth-order valence-electron chi connectivity index (χ4n) is 1.32. The molecule has 3 heteroatoms. The average Bonchev–Trinajstić information content (AvgIpc) is 2.58. The van der Waals surface area contributed by atoms with Gasteiger partial charge in [0.25, 0.3) is 0 Å². The van der Waals surface area contributed by atoms with E-state index in [0.29, 0.717) is 6.04 Å². The maximum absolute atomic E-state index is 4.12. The zero-order valence-electron chi connectivity index (χ0n) is 9.03. The molecule has 1 aromatic heterocycles. The molecular weight excluding hydrogens is 174 g/mol. The molecule has 0 amide bonds. The van der Waals surface area contributed by atoms with Crippen molar-refractivity contribution in [1.82, 2.24) is 15.1 Å². The van der Waals surface area contributed by atoms with Crippen molar-refractivity contribution in [3.8, 4) is 0 Å². The van der Waals surface area contributed by atoms with Crippen molar-refractivity contribution in [2.45, 2.75) is 32.4 Å². The highest BCUT2D eigenvalue weighted by Gasteiger charge is 2.02. The Labute approximate surface area is 85.8 Å². The molecule has 0 saturated carbocycles. The van der Waals surface area contributed by atoms with Crippen molar-refractivity contribution in [2.24, 2.45) is 7.05 Å². The van der Waals surface area contributed by atoms with Crippen LogP contribution in [0.3, 0.4) is 0 Å². The number of rotatable bonds is 6. The van der Waals surface area contributed by atoms with E-state index in [1.54, 1.807) is 0 Å². The van der Waals surface area contributed by atoms with E-state index in [2.05, 4.69) is 23.9 Å². The van der Waals surface area contributed by atoms with Crippen molar-refractivity contribution >= 4 is 0 Å². The fourth-order valence-corrected chi connectivity index (χ4v) is 1.32. The minimum atomic E-state index is 0.530. The average molecular weight is 193 g/mol. The quantitative estimate of drug-likeness (QED) is 0.699. The summed E-state index contributed by atoms with van der Waals surface area (Å²) >= 11 is 0. The molecule has 1 atom stereocenters. The second kappa shape index (κ2) is 5.60. The highest BCUT2D eigenvalue weighted by atomic mass is 15.3. The van der Waals surface area contributed by atoms with Gasteiger partial charge in [-0.05, 0) is 25.8 Å². The third-order valence-electron chi connectivity index (χ3n) is 2.36. The summed E-state index contributed by atoms with van der Waals surface area (Å²) in [5.74, 6) is 0. The summed E-state index contributed by atoms with van der Waals surface area (Å²) in [6.45, 7) is 6.79. The number of allylic oxidation sites excluding steroid dienone is 1. The molecule has 0 aliphatic carbocycles. The van der Waals surface area contributed by atoms with E-state index < -0.39 is 0 Å². The Morgan fingerprint density at radius 1 is 1.71 bits per heavy atom. The van der Waals surface area contributed by atoms with Gasteiger partial charge in [0.05, 0.1) is 5.69 Å². The predicted octanol–water partition coefficient (Wildman–Crippen LogP) is 1.86. The predicted molar refractivity (Wildman–Crippen MR) is 58.9 cm³/mol. The van der Waals surface area contributed by atoms with Gasteiger partial charge >= 0.3 is 0 Å². The lowest BCUT2D eigenvalue weighted by Crippen LogP contribution is -2.26. The molecule has 0 radical (unpaired) electrons. The van der Waals surface area contributed by atoms with E-state index in [-0.39, 0.29) is 0 Å². The third-order valence-corrected chi connectivity index (χ3v) is 2.36. The maximum atomic E-state index is 4.12. The van der Waals surface area contributed by atoms with E-state index in [4.69, 9.17) is 0 Å². The smallest absolute Gasteiger partial charge is 0.0518 e. The van der Waals surface area contributed by atoms with Crippen molar-refractivity contribution in [2.75, 3.05) is 0 Å². The maximum Gasteiger partial charge on any atom is 0.0518 e. The minimum absolute atomic E-state index is 0.530. The summed E-state index contributed by atoms with van der Waals surface area (Å²) in [5.41, 5.74) is 1.22. The number of hydrogen-bond donors (Lipinski definition) is 1. The summed E-state index contributed by atoms with van der Waals surface area (Å²) in [5, 5.41) is 7.57. The highest BCUT2D eigenvalue weighted by molar-refractivity contribution is 4.99. The van der Waals surface area contributed by atoms with Gasteiger partial charge in [-0.3, -0.25) is 4.68 Å². The lowest BCUT2D eigenvalue weighted by Gasteiger charge is -2.12. The van der Waals surface area contributed by atoms with Crippen LogP contribution in [-0.2, 0) is 13.6 Å². The van der Waals surface area contributed by atoms with Crippen LogP contribution in [0, 0.1) is 0 Å². The number of hydrogen-bond acceptors (Lipinski definition) is 2. The molecule has 0 fully saturated rings. The third kappa shape index (κ3) is 3.34. The van der Waals surface area contributed by atoms with Crippen LogP contribution in [-0.4, -0.2) is 15.8 Å². The Morgan fingerprint density at radius 3 is 3.07 bits per heavy atom. The van der Waals surface area contributed by atoms with Gasteiger partial charge in [0, 0.05) is 25.8 Å². The van der Waals surface area contributed by atoms with Crippen molar-refractivity contribution in [3.63, 3.8) is 0 Å². The summed E-state index contributed by atoms with van der Waals surface area (Å²) in [6.07, 6.45) is 5.99. The van der Waals surface area contributed by atoms with Crippen LogP contribution >= 0.6 is 0 Å². The molecule has 0 saturated heterocycles. The first-order chi connectivity index (χ1) is 6.74. The summed E-state index contributed by atoms with van der Waals surface area (Å²) < 4.78 is 1.90. The van der Waals surface area contributed by atoms with Crippen LogP contribution in [0.5, 0.6) is 0 Å². The Bertz CT molecular complexity index is 278. The minimum Gasteiger partial charge on any atom is -0.309 e. The molecule has 0 aromatic carbocycles. The van der Waals surface area contributed by atoms with Gasteiger partial charge in [0.1, 0.15) is 0 Å². The zero-order valence-corrected chi connectivity index (χ0v) is 9.03. The van der Waals surface area contributed by atoms with Crippen LogP contribution in [0.15, 0.2) is 24.9 Å². The molecule has 1 rings (SSSR count). The number of aryl methyl sites for hydroxylation is 1. The van der Waals surface area contributed by atoms with Crippen LogP contribution in [0.25, 0.3) is 0 Å². The number of nitrogens with one attached hydrogen (secondary N) is 1. The molecule has 78 valence electrons. The van der Waals surface area contributed by atoms with E-state index in [1.807, 2.05) is 30.1 Å². The van der Waals surface area contributed by atoms with Gasteiger partial charge < -0.3 is 5.32 Å². The molecule has 14 heavy (non-hydrogen) atoms. The summed E-state index contributed by atoms with van der Waals surface area (Å²) in [4.78, 5) is 0. The second-order valence-electron chi connectivity index (χ2n) is 3.59. The monoisotopic (exact) mass is 193 g/mol. The second-order valence-corrected chi connectivity index (χ2v) is 3.59. The Morgan fingerprint density at radius 2 is 2.50 bits per heavy atom. The van der Waals surface area contributed by atoms with Gasteiger partial charge in [-0.25, -0.2) is 0 Å². The lowest BCUT2D eigenvalue weighted by atomic mass is 10.2. The van der Waals surface area contributed by atoms with Gasteiger partial charge in [-0.15, -0.1) is 6.58 Å². The summed E-state index contributed by atoms with van der Waals surface area (Å²) in [6, 6.07) is 2.57. The van der Waals surface area contributed by atoms with Gasteiger partial charge in [-0.2, -0.15) is 5.10 Å². The molecule has 0 aliphatic rings. The molecule has 1 N–H and O–H groups in total. The van der Waals surface area contributed by atoms with Crippen LogP contribution < -0.4 is 5.32 Å². The van der Waals surface area contributed by atoms with Crippen LogP contribution in [0.4, 0.5) is 0 Å². The van der Waals surface area contributed by atoms with E-state index in [9.17, 15) is 0 Å². The Balaban J connectivity index is 2.26. The molecular formula is C11H19N3. The molecule has 1 heterocycles. The van der Waals surface area contributed by atoms with Crippen LogP contribution in [0.2, 0.25) is 0 Å². The van der Waals surface area contributed by atoms with Gasteiger partial charge in [-0.1, -0.05) is 6.08 Å². The first-order valence-corrected chi connectivity index (χ1v) is 5.05. The van der Waals surface area contributed by atoms with Crippen molar-refractivity contribution < 1.29 is 0 Å². The molecule has 3 nitrogen and oxygen atoms in total. The van der Waals surface area contributed by atoms with E-state index in [0.717, 1.165) is 19.4 Å². The number of aromatic nitrogens is 2. The van der Waals surface area contributed by atoms with E-state index >= 15 is 0 Å². The Hall–Kier alpha value is -1.09. The SMILES string of the molecule is C=CCCC(C)NCc1ccnn1C. The molecule has 1 aromatic rings. The zero-order chi connectivity index (χ0) is 10.4. The van der Waals surface area contributed by atoms with E-state index in [1.165, 1.54) is 5.69 Å². The van der Waals surface area contributed by atoms with Crippen LogP contribution in [0.1, 0.15) is 25.5 Å². The highest BCUT2D eigenvalue weighted by Crippen LogP contribution is 2.00. The standard InChI is InChI=1S/C11H19N3/c1-4-5-6-10(2)12-9-11-7-8-13-14(11)3/h4,7-8,10,12H,1,5-6,9H2,2-3H3. The molecule has 0 aliphatic heterocycles. The Kier molecular flexibility index (Phi) is 4.40. The normalized spacial score (nSPS) is 12.7.